The number of aryl methyl sites for hydroxylation is 1. The molecule has 0 spiro atoms. The van der Waals surface area contributed by atoms with Crippen LogP contribution in [-0.2, 0) is 17.6 Å². The van der Waals surface area contributed by atoms with Crippen LogP contribution in [0.3, 0.4) is 0 Å². The van der Waals surface area contributed by atoms with Crippen molar-refractivity contribution in [1.82, 2.24) is 20.5 Å². The fourth-order valence-electron chi connectivity index (χ4n) is 1.89. The van der Waals surface area contributed by atoms with E-state index in [2.05, 4.69) is 20.5 Å². The number of hydrogen-bond donors (Lipinski definition) is 2. The highest BCUT2D eigenvalue weighted by molar-refractivity contribution is 5.78. The normalized spacial score (nSPS) is 10.3. The molecule has 0 fully saturated rings. The second kappa shape index (κ2) is 6.70. The van der Waals surface area contributed by atoms with Crippen molar-refractivity contribution < 1.29 is 9.53 Å². The number of methoxy groups -OCH3 is 1. The largest absolute Gasteiger partial charge is 0.496 e. The summed E-state index contributed by atoms with van der Waals surface area (Å²) in [5.74, 6) is 1.55. The Bertz CT molecular complexity index is 567. The summed E-state index contributed by atoms with van der Waals surface area (Å²) in [7, 11) is 1.63. The second-order valence-corrected chi connectivity index (χ2v) is 4.51. The number of rotatable bonds is 6. The molecule has 0 unspecified atom stereocenters. The Morgan fingerprint density at radius 3 is 3.00 bits per heavy atom. The third-order valence-electron chi connectivity index (χ3n) is 2.99. The average molecular weight is 274 g/mol. The van der Waals surface area contributed by atoms with E-state index in [1.807, 2.05) is 25.1 Å². The summed E-state index contributed by atoms with van der Waals surface area (Å²) in [6.07, 6.45) is 2.44. The summed E-state index contributed by atoms with van der Waals surface area (Å²) in [5.41, 5.74) is 1.99. The molecule has 0 atom stereocenters. The van der Waals surface area contributed by atoms with Gasteiger partial charge in [-0.15, -0.1) is 0 Å². The Labute approximate surface area is 117 Å². The van der Waals surface area contributed by atoms with Crippen molar-refractivity contribution in [3.05, 3.63) is 41.5 Å². The maximum atomic E-state index is 11.8. The van der Waals surface area contributed by atoms with E-state index in [9.17, 15) is 4.79 Å². The number of ether oxygens (including phenoxy) is 1. The van der Waals surface area contributed by atoms with Gasteiger partial charge in [-0.25, -0.2) is 4.98 Å². The van der Waals surface area contributed by atoms with Crippen molar-refractivity contribution in [3.63, 3.8) is 0 Å². The highest BCUT2D eigenvalue weighted by Crippen LogP contribution is 2.19. The van der Waals surface area contributed by atoms with Gasteiger partial charge in [-0.3, -0.25) is 9.89 Å². The number of carbonyl (C=O) groups is 1. The van der Waals surface area contributed by atoms with E-state index in [0.29, 0.717) is 19.4 Å². The standard InChI is InChI=1S/C14H18N4O2/c1-10-3-4-11(7-12(10)20-2)8-14(19)15-6-5-13-16-9-17-18-13/h3-4,7,9H,5-6,8H2,1-2H3,(H,15,19)(H,16,17,18). The van der Waals surface area contributed by atoms with E-state index in [0.717, 1.165) is 22.7 Å². The van der Waals surface area contributed by atoms with Gasteiger partial charge in [0.1, 0.15) is 17.9 Å². The van der Waals surface area contributed by atoms with E-state index in [-0.39, 0.29) is 5.91 Å². The molecule has 2 N–H and O–H groups in total. The summed E-state index contributed by atoms with van der Waals surface area (Å²) < 4.78 is 5.25. The summed E-state index contributed by atoms with van der Waals surface area (Å²) in [6.45, 7) is 2.51. The molecular weight excluding hydrogens is 256 g/mol. The molecule has 0 saturated carbocycles. The molecule has 106 valence electrons. The molecule has 0 bridgehead atoms. The van der Waals surface area contributed by atoms with Crippen molar-refractivity contribution >= 4 is 5.91 Å². The van der Waals surface area contributed by atoms with Gasteiger partial charge in [0, 0.05) is 13.0 Å². The van der Waals surface area contributed by atoms with E-state index in [1.54, 1.807) is 7.11 Å². The minimum atomic E-state index is -0.0181. The first-order chi connectivity index (χ1) is 9.69. The van der Waals surface area contributed by atoms with Crippen molar-refractivity contribution in [3.8, 4) is 5.75 Å². The molecule has 0 radical (unpaired) electrons. The van der Waals surface area contributed by atoms with Gasteiger partial charge in [0.25, 0.3) is 0 Å². The summed E-state index contributed by atoms with van der Waals surface area (Å²) in [4.78, 5) is 15.8. The predicted octanol–water partition coefficient (Wildman–Crippen LogP) is 1.02. The van der Waals surface area contributed by atoms with Gasteiger partial charge in [0.2, 0.25) is 5.91 Å². The lowest BCUT2D eigenvalue weighted by Gasteiger charge is -2.08. The smallest absolute Gasteiger partial charge is 0.224 e. The molecule has 1 aromatic heterocycles. The van der Waals surface area contributed by atoms with Crippen LogP contribution in [0, 0.1) is 6.92 Å². The lowest BCUT2D eigenvalue weighted by molar-refractivity contribution is -0.120. The lowest BCUT2D eigenvalue weighted by Crippen LogP contribution is -2.27. The molecule has 2 rings (SSSR count). The van der Waals surface area contributed by atoms with Gasteiger partial charge in [0.15, 0.2) is 0 Å². The number of nitrogens with one attached hydrogen (secondary N) is 2. The van der Waals surface area contributed by atoms with Crippen LogP contribution in [0.2, 0.25) is 0 Å². The molecule has 6 heteroatoms. The van der Waals surface area contributed by atoms with E-state index >= 15 is 0 Å². The topological polar surface area (TPSA) is 79.9 Å². The van der Waals surface area contributed by atoms with Gasteiger partial charge < -0.3 is 10.1 Å². The Balaban J connectivity index is 1.82. The summed E-state index contributed by atoms with van der Waals surface area (Å²) in [6, 6.07) is 5.79. The SMILES string of the molecule is COc1cc(CC(=O)NCCc2ncn[nH]2)ccc1C. The number of benzene rings is 1. The molecule has 1 aromatic carbocycles. The van der Waals surface area contributed by atoms with Gasteiger partial charge in [-0.1, -0.05) is 12.1 Å². The first-order valence-electron chi connectivity index (χ1n) is 6.43. The monoisotopic (exact) mass is 274 g/mol. The molecule has 0 aliphatic carbocycles. The Hall–Kier alpha value is -2.37. The third kappa shape index (κ3) is 3.81. The molecule has 0 aliphatic rings. The van der Waals surface area contributed by atoms with Crippen LogP contribution in [0.25, 0.3) is 0 Å². The quantitative estimate of drug-likeness (QED) is 0.824. The maximum absolute atomic E-state index is 11.8. The zero-order valence-corrected chi connectivity index (χ0v) is 11.6. The fraction of sp³-hybridized carbons (Fsp3) is 0.357. The van der Waals surface area contributed by atoms with Gasteiger partial charge in [-0.2, -0.15) is 5.10 Å². The Morgan fingerprint density at radius 2 is 2.30 bits per heavy atom. The molecule has 6 nitrogen and oxygen atoms in total. The number of amides is 1. The van der Waals surface area contributed by atoms with Crippen molar-refractivity contribution in [1.29, 1.82) is 0 Å². The van der Waals surface area contributed by atoms with Crippen LogP contribution in [-0.4, -0.2) is 34.7 Å². The first-order valence-corrected chi connectivity index (χ1v) is 6.43. The number of nitrogens with zero attached hydrogens (tertiary/aromatic N) is 2. The zero-order chi connectivity index (χ0) is 14.4. The first kappa shape index (κ1) is 14.0. The number of H-pyrrole nitrogens is 1. The van der Waals surface area contributed by atoms with Crippen molar-refractivity contribution in [2.75, 3.05) is 13.7 Å². The van der Waals surface area contributed by atoms with E-state index in [1.165, 1.54) is 6.33 Å². The Morgan fingerprint density at radius 1 is 1.45 bits per heavy atom. The average Bonchev–Trinajstić information content (AvgIpc) is 2.94. The number of aromatic nitrogens is 3. The molecule has 0 aliphatic heterocycles. The second-order valence-electron chi connectivity index (χ2n) is 4.51. The fourth-order valence-corrected chi connectivity index (χ4v) is 1.89. The van der Waals surface area contributed by atoms with E-state index < -0.39 is 0 Å². The van der Waals surface area contributed by atoms with Crippen LogP contribution >= 0.6 is 0 Å². The highest BCUT2D eigenvalue weighted by atomic mass is 16.5. The van der Waals surface area contributed by atoms with Crippen LogP contribution < -0.4 is 10.1 Å². The molecule has 1 amide bonds. The van der Waals surface area contributed by atoms with Crippen LogP contribution in [0.5, 0.6) is 5.75 Å². The zero-order valence-electron chi connectivity index (χ0n) is 11.6. The minimum absolute atomic E-state index is 0.0181. The van der Waals surface area contributed by atoms with Gasteiger partial charge in [0.05, 0.1) is 13.5 Å². The number of aromatic amines is 1. The summed E-state index contributed by atoms with van der Waals surface area (Å²) >= 11 is 0. The Kier molecular flexibility index (Phi) is 4.70. The van der Waals surface area contributed by atoms with Crippen LogP contribution in [0.1, 0.15) is 17.0 Å². The van der Waals surface area contributed by atoms with E-state index in [4.69, 9.17) is 4.74 Å². The van der Waals surface area contributed by atoms with Crippen LogP contribution in [0.15, 0.2) is 24.5 Å². The molecule has 20 heavy (non-hydrogen) atoms. The number of hydrogen-bond acceptors (Lipinski definition) is 4. The van der Waals surface area contributed by atoms with Gasteiger partial charge in [-0.05, 0) is 24.1 Å². The third-order valence-corrected chi connectivity index (χ3v) is 2.99. The molecular formula is C14H18N4O2. The highest BCUT2D eigenvalue weighted by Gasteiger charge is 2.06. The minimum Gasteiger partial charge on any atom is -0.496 e. The van der Waals surface area contributed by atoms with Crippen molar-refractivity contribution in [2.45, 2.75) is 19.8 Å². The maximum Gasteiger partial charge on any atom is 0.224 e. The molecule has 1 heterocycles. The van der Waals surface area contributed by atoms with Gasteiger partial charge >= 0.3 is 0 Å². The summed E-state index contributed by atoms with van der Waals surface area (Å²) in [5, 5.41) is 9.36. The molecule has 2 aromatic rings. The molecule has 0 saturated heterocycles. The number of carbonyl (C=O) groups excluding carboxylic acids is 1. The lowest BCUT2D eigenvalue weighted by atomic mass is 10.1. The van der Waals surface area contributed by atoms with Crippen molar-refractivity contribution in [2.24, 2.45) is 0 Å². The van der Waals surface area contributed by atoms with Crippen LogP contribution in [0.4, 0.5) is 0 Å². The predicted molar refractivity (Wildman–Crippen MR) is 74.5 cm³/mol.